The second-order valence-corrected chi connectivity index (χ2v) is 8.06. The molecule has 1 aliphatic rings. The molecule has 0 spiro atoms. The van der Waals surface area contributed by atoms with Crippen LogP contribution in [0.2, 0.25) is 0 Å². The molecule has 3 aromatic carbocycles. The minimum Gasteiger partial charge on any atom is -0.457 e. The van der Waals surface area contributed by atoms with Crippen molar-refractivity contribution in [2.24, 2.45) is 5.92 Å². The van der Waals surface area contributed by atoms with Crippen molar-refractivity contribution >= 4 is 23.2 Å². The number of anilines is 2. The molecule has 5 heteroatoms. The van der Waals surface area contributed by atoms with Crippen LogP contribution in [0.25, 0.3) is 0 Å². The Morgan fingerprint density at radius 1 is 1.00 bits per heavy atom. The molecule has 5 nitrogen and oxygen atoms in total. The molecule has 0 radical (unpaired) electrons. The third-order valence-electron chi connectivity index (χ3n) is 5.71. The molecule has 0 aliphatic carbocycles. The summed E-state index contributed by atoms with van der Waals surface area (Å²) < 4.78 is 5.97. The number of hydrogen-bond acceptors (Lipinski definition) is 3. The fourth-order valence-electron chi connectivity index (χ4n) is 3.74. The van der Waals surface area contributed by atoms with Crippen molar-refractivity contribution in [3.63, 3.8) is 0 Å². The number of aryl methyl sites for hydroxylation is 2. The molecule has 0 saturated carbocycles. The minimum atomic E-state index is -0.376. The molecule has 1 heterocycles. The first-order valence-corrected chi connectivity index (χ1v) is 10.4. The lowest BCUT2D eigenvalue weighted by atomic mass is 10.1. The van der Waals surface area contributed by atoms with E-state index in [1.807, 2.05) is 74.5 Å². The second-order valence-electron chi connectivity index (χ2n) is 8.06. The van der Waals surface area contributed by atoms with E-state index in [9.17, 15) is 9.59 Å². The van der Waals surface area contributed by atoms with E-state index in [2.05, 4.69) is 18.3 Å². The largest absolute Gasteiger partial charge is 0.457 e. The van der Waals surface area contributed by atoms with Gasteiger partial charge < -0.3 is 15.0 Å². The molecule has 1 fully saturated rings. The average molecular weight is 415 g/mol. The van der Waals surface area contributed by atoms with Crippen LogP contribution in [0.4, 0.5) is 11.4 Å². The average Bonchev–Trinajstić information content (AvgIpc) is 3.15. The van der Waals surface area contributed by atoms with Gasteiger partial charge in [-0.15, -0.1) is 0 Å². The fraction of sp³-hybridized carbons (Fsp3) is 0.231. The summed E-state index contributed by atoms with van der Waals surface area (Å²) >= 11 is 0. The highest BCUT2D eigenvalue weighted by Gasteiger charge is 2.35. The maximum atomic E-state index is 12.7. The van der Waals surface area contributed by atoms with Crippen LogP contribution in [-0.4, -0.2) is 18.4 Å². The van der Waals surface area contributed by atoms with E-state index in [4.69, 9.17) is 4.74 Å². The number of carbonyl (C=O) groups is 2. The van der Waals surface area contributed by atoms with E-state index in [0.29, 0.717) is 18.0 Å². The predicted molar refractivity (Wildman–Crippen MR) is 123 cm³/mol. The van der Waals surface area contributed by atoms with Gasteiger partial charge in [0.05, 0.1) is 5.92 Å². The Balaban J connectivity index is 1.39. The molecular formula is C26H26N2O3. The van der Waals surface area contributed by atoms with Gasteiger partial charge in [-0.2, -0.15) is 0 Å². The summed E-state index contributed by atoms with van der Waals surface area (Å²) in [6, 6.07) is 21.0. The molecule has 0 bridgehead atoms. The van der Waals surface area contributed by atoms with Gasteiger partial charge in [-0.25, -0.2) is 0 Å². The zero-order valence-electron chi connectivity index (χ0n) is 18.0. The van der Waals surface area contributed by atoms with E-state index in [1.54, 1.807) is 4.90 Å². The Labute approximate surface area is 182 Å². The van der Waals surface area contributed by atoms with E-state index >= 15 is 0 Å². The van der Waals surface area contributed by atoms with Crippen molar-refractivity contribution in [1.29, 1.82) is 0 Å². The molecule has 4 rings (SSSR count). The second kappa shape index (κ2) is 8.64. The molecule has 0 aromatic heterocycles. The molecule has 1 N–H and O–H groups in total. The van der Waals surface area contributed by atoms with Crippen molar-refractivity contribution < 1.29 is 14.3 Å². The van der Waals surface area contributed by atoms with Crippen LogP contribution < -0.4 is 15.0 Å². The lowest BCUT2D eigenvalue weighted by molar-refractivity contribution is -0.122. The van der Waals surface area contributed by atoms with Crippen molar-refractivity contribution in [2.45, 2.75) is 27.2 Å². The molecule has 31 heavy (non-hydrogen) atoms. The lowest BCUT2D eigenvalue weighted by Crippen LogP contribution is -2.28. The number of benzene rings is 3. The normalized spacial score (nSPS) is 15.8. The van der Waals surface area contributed by atoms with Gasteiger partial charge in [0.25, 0.3) is 0 Å². The summed E-state index contributed by atoms with van der Waals surface area (Å²) in [7, 11) is 0. The highest BCUT2D eigenvalue weighted by Crippen LogP contribution is 2.29. The Kier molecular flexibility index (Phi) is 5.76. The number of nitrogens with zero attached hydrogens (tertiary/aromatic N) is 1. The summed E-state index contributed by atoms with van der Waals surface area (Å²) in [4.78, 5) is 26.9. The number of rotatable bonds is 5. The Morgan fingerprint density at radius 2 is 1.74 bits per heavy atom. The Bertz CT molecular complexity index is 1120. The standard InChI is InChI=1S/C26H26N2O3/c1-17-6-4-8-22(14-17)28-16-20(15-25(28)29)26(30)27-21-10-12-23(13-11-21)31-24-9-5-7-18(2)19(24)3/h4-14,20H,15-16H2,1-3H3,(H,27,30)/t20-/m1/s1. The van der Waals surface area contributed by atoms with Crippen molar-refractivity contribution in [3.8, 4) is 11.5 Å². The molecule has 0 unspecified atom stereocenters. The van der Waals surface area contributed by atoms with Gasteiger partial charge in [0, 0.05) is 24.3 Å². The summed E-state index contributed by atoms with van der Waals surface area (Å²) in [6.07, 6.45) is 0.216. The van der Waals surface area contributed by atoms with Crippen molar-refractivity contribution in [3.05, 3.63) is 83.4 Å². The number of amides is 2. The van der Waals surface area contributed by atoms with Crippen LogP contribution >= 0.6 is 0 Å². The molecule has 2 amide bonds. The van der Waals surface area contributed by atoms with Crippen LogP contribution in [0, 0.1) is 26.7 Å². The molecular weight excluding hydrogens is 388 g/mol. The summed E-state index contributed by atoms with van der Waals surface area (Å²) in [6.45, 7) is 6.46. The van der Waals surface area contributed by atoms with Crippen LogP contribution in [0.15, 0.2) is 66.7 Å². The van der Waals surface area contributed by atoms with Gasteiger partial charge in [0.2, 0.25) is 11.8 Å². The third-order valence-corrected chi connectivity index (χ3v) is 5.71. The van der Waals surface area contributed by atoms with Gasteiger partial charge in [-0.1, -0.05) is 24.3 Å². The minimum absolute atomic E-state index is 0.0250. The highest BCUT2D eigenvalue weighted by atomic mass is 16.5. The number of ether oxygens (including phenoxy) is 1. The summed E-state index contributed by atoms with van der Waals surface area (Å²) in [5.74, 6) is 0.972. The van der Waals surface area contributed by atoms with Gasteiger partial charge in [-0.05, 0) is 79.9 Å². The third kappa shape index (κ3) is 4.61. The van der Waals surface area contributed by atoms with Crippen LogP contribution in [0.1, 0.15) is 23.1 Å². The Hall–Kier alpha value is -3.60. The van der Waals surface area contributed by atoms with E-state index < -0.39 is 0 Å². The van der Waals surface area contributed by atoms with Crippen molar-refractivity contribution in [1.82, 2.24) is 0 Å². The fourth-order valence-corrected chi connectivity index (χ4v) is 3.74. The molecule has 1 aliphatic heterocycles. The van der Waals surface area contributed by atoms with E-state index in [0.717, 1.165) is 22.6 Å². The van der Waals surface area contributed by atoms with Crippen LogP contribution in [0.3, 0.4) is 0 Å². The molecule has 1 atom stereocenters. The first-order valence-electron chi connectivity index (χ1n) is 10.4. The first kappa shape index (κ1) is 20.7. The summed E-state index contributed by atoms with van der Waals surface area (Å²) in [5.41, 5.74) is 4.88. The highest BCUT2D eigenvalue weighted by molar-refractivity contribution is 6.03. The van der Waals surface area contributed by atoms with Gasteiger partial charge in [-0.3, -0.25) is 9.59 Å². The predicted octanol–water partition coefficient (Wildman–Crippen LogP) is 5.40. The van der Waals surface area contributed by atoms with Gasteiger partial charge >= 0.3 is 0 Å². The Morgan fingerprint density at radius 3 is 2.48 bits per heavy atom. The molecule has 3 aromatic rings. The number of nitrogens with one attached hydrogen (secondary N) is 1. The van der Waals surface area contributed by atoms with Gasteiger partial charge in [0.15, 0.2) is 0 Å². The quantitative estimate of drug-likeness (QED) is 0.608. The first-order chi connectivity index (χ1) is 14.9. The molecule has 1 saturated heterocycles. The topological polar surface area (TPSA) is 58.6 Å². The maximum Gasteiger partial charge on any atom is 0.229 e. The van der Waals surface area contributed by atoms with Crippen LogP contribution in [0.5, 0.6) is 11.5 Å². The number of hydrogen-bond donors (Lipinski definition) is 1. The number of carbonyl (C=O) groups excluding carboxylic acids is 2. The van der Waals surface area contributed by atoms with Crippen LogP contribution in [-0.2, 0) is 9.59 Å². The zero-order valence-corrected chi connectivity index (χ0v) is 18.0. The van der Waals surface area contributed by atoms with E-state index in [1.165, 1.54) is 5.56 Å². The smallest absolute Gasteiger partial charge is 0.229 e. The summed E-state index contributed by atoms with van der Waals surface area (Å²) in [5, 5.41) is 2.93. The SMILES string of the molecule is Cc1cccc(N2C[C@H](C(=O)Nc3ccc(Oc4cccc(C)c4C)cc3)CC2=O)c1. The lowest BCUT2D eigenvalue weighted by Gasteiger charge is -2.17. The monoisotopic (exact) mass is 414 g/mol. The zero-order chi connectivity index (χ0) is 22.0. The van der Waals surface area contributed by atoms with Crippen molar-refractivity contribution in [2.75, 3.05) is 16.8 Å². The van der Waals surface area contributed by atoms with Gasteiger partial charge in [0.1, 0.15) is 11.5 Å². The molecule has 158 valence electrons. The maximum absolute atomic E-state index is 12.7. The van der Waals surface area contributed by atoms with E-state index in [-0.39, 0.29) is 24.2 Å².